The van der Waals surface area contributed by atoms with Gasteiger partial charge in [0.25, 0.3) is 0 Å². The minimum absolute atomic E-state index is 0.0300. The highest BCUT2D eigenvalue weighted by atomic mass is 32.2. The number of carbonyl (C=O) groups excluding carboxylic acids is 2. The van der Waals surface area contributed by atoms with Gasteiger partial charge in [-0.2, -0.15) is 0 Å². The summed E-state index contributed by atoms with van der Waals surface area (Å²) in [6, 6.07) is 12.3. The first kappa shape index (κ1) is 18.5. The van der Waals surface area contributed by atoms with Crippen molar-refractivity contribution < 1.29 is 14.0 Å². The summed E-state index contributed by atoms with van der Waals surface area (Å²) >= 11 is 1.50. The second-order valence-corrected chi connectivity index (χ2v) is 7.30. The molecule has 26 heavy (non-hydrogen) atoms. The maximum atomic E-state index is 14.0. The maximum Gasteiger partial charge on any atom is 0.238 e. The molecule has 2 aromatic carbocycles. The van der Waals surface area contributed by atoms with Crippen molar-refractivity contribution in [2.75, 3.05) is 16.0 Å². The van der Waals surface area contributed by atoms with E-state index in [2.05, 4.69) is 5.32 Å². The molecule has 1 saturated heterocycles. The molecule has 1 fully saturated rings. The summed E-state index contributed by atoms with van der Waals surface area (Å²) in [6.07, 6.45) is 1.25. The average molecular weight is 372 g/mol. The Kier molecular flexibility index (Phi) is 5.61. The Hall–Kier alpha value is -2.34. The van der Waals surface area contributed by atoms with E-state index in [0.29, 0.717) is 29.1 Å². The van der Waals surface area contributed by atoms with Crippen molar-refractivity contribution in [1.29, 1.82) is 0 Å². The first-order valence-corrected chi connectivity index (χ1v) is 9.64. The molecule has 136 valence electrons. The van der Waals surface area contributed by atoms with E-state index in [9.17, 15) is 14.0 Å². The molecule has 0 radical (unpaired) electrons. The number of halogens is 1. The first-order valence-electron chi connectivity index (χ1n) is 8.60. The van der Waals surface area contributed by atoms with Crippen molar-refractivity contribution in [3.63, 3.8) is 0 Å². The molecule has 0 spiro atoms. The van der Waals surface area contributed by atoms with Gasteiger partial charge < -0.3 is 5.32 Å². The second kappa shape index (κ2) is 7.91. The molecule has 2 aromatic rings. The zero-order chi connectivity index (χ0) is 18.7. The number of benzene rings is 2. The molecule has 1 heterocycles. The van der Waals surface area contributed by atoms with Crippen LogP contribution in [0.5, 0.6) is 0 Å². The maximum absolute atomic E-state index is 14.0. The topological polar surface area (TPSA) is 49.4 Å². The number of hydrogen-bond acceptors (Lipinski definition) is 3. The van der Waals surface area contributed by atoms with Gasteiger partial charge in [-0.1, -0.05) is 25.1 Å². The largest absolute Gasteiger partial charge is 0.326 e. The highest BCUT2D eigenvalue weighted by Crippen LogP contribution is 2.43. The number of hydrogen-bond donors (Lipinski definition) is 1. The number of thioether (sulfide) groups is 1. The number of nitrogens with one attached hydrogen (secondary N) is 1. The van der Waals surface area contributed by atoms with E-state index < -0.39 is 0 Å². The van der Waals surface area contributed by atoms with E-state index in [1.807, 2.05) is 31.2 Å². The summed E-state index contributed by atoms with van der Waals surface area (Å²) in [7, 11) is 0. The van der Waals surface area contributed by atoms with Gasteiger partial charge in [-0.25, -0.2) is 4.39 Å². The summed E-state index contributed by atoms with van der Waals surface area (Å²) in [5.74, 6) is -0.0640. The molecule has 0 saturated carbocycles. The first-order chi connectivity index (χ1) is 12.5. The predicted octanol–water partition coefficient (Wildman–Crippen LogP) is 4.65. The molecule has 4 nitrogen and oxygen atoms in total. The van der Waals surface area contributed by atoms with Crippen LogP contribution in [0.15, 0.2) is 42.5 Å². The number of nitrogens with zero attached hydrogens (tertiary/aromatic N) is 1. The lowest BCUT2D eigenvalue weighted by molar-refractivity contribution is -0.116. The zero-order valence-electron chi connectivity index (χ0n) is 14.8. The Labute approximate surface area is 156 Å². The van der Waals surface area contributed by atoms with Gasteiger partial charge >= 0.3 is 0 Å². The molecular formula is C20H21FN2O2S. The van der Waals surface area contributed by atoms with Crippen LogP contribution < -0.4 is 10.2 Å². The lowest BCUT2D eigenvalue weighted by Gasteiger charge is -2.26. The Bertz CT molecular complexity index is 840. The molecule has 1 aliphatic rings. The molecule has 6 heteroatoms. The molecule has 0 aliphatic carbocycles. The highest BCUT2D eigenvalue weighted by molar-refractivity contribution is 8.00. The molecule has 0 unspecified atom stereocenters. The zero-order valence-corrected chi connectivity index (χ0v) is 15.6. The lowest BCUT2D eigenvalue weighted by Crippen LogP contribution is -2.28. The predicted molar refractivity (Wildman–Crippen MR) is 104 cm³/mol. The van der Waals surface area contributed by atoms with Crippen molar-refractivity contribution in [1.82, 2.24) is 0 Å². The van der Waals surface area contributed by atoms with E-state index in [1.165, 1.54) is 17.8 Å². The Morgan fingerprint density at radius 1 is 1.31 bits per heavy atom. The molecule has 3 rings (SSSR count). The van der Waals surface area contributed by atoms with Gasteiger partial charge in [0.05, 0.1) is 11.4 Å². The summed E-state index contributed by atoms with van der Waals surface area (Å²) in [5, 5.41) is 2.64. The fraction of sp³-hybridized carbons (Fsp3) is 0.300. The van der Waals surface area contributed by atoms with Gasteiger partial charge in [-0.05, 0) is 43.2 Å². The van der Waals surface area contributed by atoms with E-state index >= 15 is 0 Å². The molecule has 0 aromatic heterocycles. The lowest BCUT2D eigenvalue weighted by atomic mass is 10.1. The normalized spacial score (nSPS) is 16.8. The van der Waals surface area contributed by atoms with E-state index in [-0.39, 0.29) is 23.0 Å². The summed E-state index contributed by atoms with van der Waals surface area (Å²) < 4.78 is 14.0. The molecular weight excluding hydrogens is 351 g/mol. The molecule has 0 bridgehead atoms. The Balaban J connectivity index is 1.91. The third-order valence-corrected chi connectivity index (χ3v) is 5.51. The van der Waals surface area contributed by atoms with Crippen molar-refractivity contribution in [3.8, 4) is 0 Å². The third-order valence-electron chi connectivity index (χ3n) is 4.30. The van der Waals surface area contributed by atoms with Crippen molar-refractivity contribution in [3.05, 3.63) is 59.4 Å². The number of carbonyl (C=O) groups is 2. The van der Waals surface area contributed by atoms with Gasteiger partial charge in [0.15, 0.2) is 0 Å². The average Bonchev–Trinajstić information content (AvgIpc) is 2.99. The van der Waals surface area contributed by atoms with Crippen LogP contribution in [-0.4, -0.2) is 17.6 Å². The van der Waals surface area contributed by atoms with Crippen LogP contribution >= 0.6 is 11.8 Å². The van der Waals surface area contributed by atoms with Crippen LogP contribution in [-0.2, 0) is 9.59 Å². The van der Waals surface area contributed by atoms with Gasteiger partial charge in [0.1, 0.15) is 11.2 Å². The summed E-state index contributed by atoms with van der Waals surface area (Å²) in [6.45, 7) is 3.63. The van der Waals surface area contributed by atoms with E-state index in [1.54, 1.807) is 24.0 Å². The van der Waals surface area contributed by atoms with Crippen LogP contribution in [0, 0.1) is 12.7 Å². The van der Waals surface area contributed by atoms with Crippen molar-refractivity contribution >= 4 is 35.0 Å². The third kappa shape index (κ3) is 3.75. The van der Waals surface area contributed by atoms with Gasteiger partial charge in [0, 0.05) is 17.7 Å². The van der Waals surface area contributed by atoms with Crippen LogP contribution in [0.3, 0.4) is 0 Å². The summed E-state index contributed by atoms with van der Waals surface area (Å²) in [5.41, 5.74) is 2.65. The van der Waals surface area contributed by atoms with Gasteiger partial charge in [-0.3, -0.25) is 14.5 Å². The minimum Gasteiger partial charge on any atom is -0.326 e. The fourth-order valence-electron chi connectivity index (χ4n) is 3.01. The van der Waals surface area contributed by atoms with Crippen molar-refractivity contribution in [2.45, 2.75) is 32.1 Å². The summed E-state index contributed by atoms with van der Waals surface area (Å²) in [4.78, 5) is 26.0. The SMILES string of the molecule is CCCC(=O)Nc1cccc([C@H]2SCC(=O)N2c2cccc(F)c2C)c1. The minimum atomic E-state index is -0.327. The van der Waals surface area contributed by atoms with Crippen molar-refractivity contribution in [2.24, 2.45) is 0 Å². The monoisotopic (exact) mass is 372 g/mol. The smallest absolute Gasteiger partial charge is 0.238 e. The fourth-order valence-corrected chi connectivity index (χ4v) is 4.17. The van der Waals surface area contributed by atoms with E-state index in [4.69, 9.17) is 0 Å². The van der Waals surface area contributed by atoms with Crippen LogP contribution in [0.4, 0.5) is 15.8 Å². The van der Waals surface area contributed by atoms with Gasteiger partial charge in [-0.15, -0.1) is 11.8 Å². The quantitative estimate of drug-likeness (QED) is 0.831. The van der Waals surface area contributed by atoms with Gasteiger partial charge in [0.2, 0.25) is 11.8 Å². The Morgan fingerprint density at radius 2 is 2.08 bits per heavy atom. The molecule has 1 N–H and O–H groups in total. The molecule has 1 atom stereocenters. The van der Waals surface area contributed by atoms with Crippen LogP contribution in [0.2, 0.25) is 0 Å². The Morgan fingerprint density at radius 3 is 2.85 bits per heavy atom. The highest BCUT2D eigenvalue weighted by Gasteiger charge is 2.35. The second-order valence-electron chi connectivity index (χ2n) is 6.23. The molecule has 1 aliphatic heterocycles. The number of amides is 2. The number of rotatable bonds is 5. The standard InChI is InChI=1S/C20H21FN2O2S/c1-3-6-18(24)22-15-8-4-7-14(11-15)20-23(19(25)12-26-20)17-10-5-9-16(21)13(17)2/h4-5,7-11,20H,3,6,12H2,1-2H3,(H,22,24)/t20-/m1/s1. The van der Waals surface area contributed by atoms with E-state index in [0.717, 1.165) is 12.0 Å². The van der Waals surface area contributed by atoms with Crippen LogP contribution in [0.1, 0.15) is 36.3 Å². The van der Waals surface area contributed by atoms with Crippen LogP contribution in [0.25, 0.3) is 0 Å². The molecule has 2 amide bonds. The number of anilines is 2.